The standard InChI is InChI=1S/C23H26N6O2S/c1-23(2,31)11-29(3)22(30)13-4-6-16-18(9-13)32-21-19(16)20(24-12-25-21)27-15-5-7-17-14(8-15)10-26-28-17/h5,7-8,10,12-13,31H,4,6,9,11H2,1-3H3,(H,26,28)(H,24,25,27). The van der Waals surface area contributed by atoms with Gasteiger partial charge in [0.1, 0.15) is 17.0 Å². The molecule has 8 nitrogen and oxygen atoms in total. The van der Waals surface area contributed by atoms with E-state index in [0.29, 0.717) is 13.0 Å². The average Bonchev–Trinajstić information content (AvgIpc) is 3.35. The molecule has 0 saturated heterocycles. The lowest BCUT2D eigenvalue weighted by Gasteiger charge is -2.30. The van der Waals surface area contributed by atoms with Gasteiger partial charge in [0.05, 0.1) is 22.7 Å². The first-order valence-corrected chi connectivity index (χ1v) is 11.5. The molecule has 0 spiro atoms. The highest BCUT2D eigenvalue weighted by atomic mass is 32.1. The van der Waals surface area contributed by atoms with E-state index >= 15 is 0 Å². The zero-order valence-corrected chi connectivity index (χ0v) is 19.2. The number of thiophene rings is 1. The Morgan fingerprint density at radius 3 is 3.03 bits per heavy atom. The van der Waals surface area contributed by atoms with Crippen LogP contribution in [0.1, 0.15) is 30.7 Å². The summed E-state index contributed by atoms with van der Waals surface area (Å²) in [5, 5.41) is 22.6. The number of likely N-dealkylation sites (N-methyl/N-ethyl adjacent to an activating group) is 1. The molecular formula is C23H26N6O2S. The number of amides is 1. The Morgan fingerprint density at radius 1 is 1.38 bits per heavy atom. The van der Waals surface area contributed by atoms with Crippen LogP contribution in [0.4, 0.5) is 11.5 Å². The molecule has 3 aromatic heterocycles. The van der Waals surface area contributed by atoms with E-state index in [-0.39, 0.29) is 11.8 Å². The van der Waals surface area contributed by atoms with E-state index in [1.165, 1.54) is 10.4 Å². The number of rotatable bonds is 5. The van der Waals surface area contributed by atoms with Gasteiger partial charge in [-0.1, -0.05) is 0 Å². The largest absolute Gasteiger partial charge is 0.389 e. The van der Waals surface area contributed by atoms with Gasteiger partial charge in [0.2, 0.25) is 5.91 Å². The number of hydrogen-bond donors (Lipinski definition) is 3. The first-order chi connectivity index (χ1) is 15.3. The SMILES string of the molecule is CN(CC(C)(C)O)C(=O)C1CCc2c(sc3ncnc(Nc4ccc5[nH]ncc5c4)c23)C1. The van der Waals surface area contributed by atoms with Gasteiger partial charge in [-0.05, 0) is 56.9 Å². The number of aryl methyl sites for hydroxylation is 1. The molecule has 0 radical (unpaired) electrons. The number of fused-ring (bicyclic) bond motifs is 4. The molecule has 1 unspecified atom stereocenters. The van der Waals surface area contributed by atoms with Crippen molar-refractivity contribution in [1.29, 1.82) is 0 Å². The van der Waals surface area contributed by atoms with Crippen molar-refractivity contribution in [3.8, 4) is 0 Å². The number of aromatic nitrogens is 4. The summed E-state index contributed by atoms with van der Waals surface area (Å²) in [6, 6.07) is 6.03. The number of anilines is 2. The third-order valence-corrected chi connectivity index (χ3v) is 7.06. The van der Waals surface area contributed by atoms with Gasteiger partial charge in [-0.25, -0.2) is 9.97 Å². The number of nitrogens with zero attached hydrogens (tertiary/aromatic N) is 4. The normalized spacial score (nSPS) is 16.3. The molecule has 3 heterocycles. The molecular weight excluding hydrogens is 424 g/mol. The van der Waals surface area contributed by atoms with Crippen LogP contribution in [0.2, 0.25) is 0 Å². The number of aliphatic hydroxyl groups is 1. The van der Waals surface area contributed by atoms with Gasteiger partial charge in [-0.2, -0.15) is 5.10 Å². The van der Waals surface area contributed by atoms with Crippen LogP contribution >= 0.6 is 11.3 Å². The van der Waals surface area contributed by atoms with Crippen molar-refractivity contribution in [3.05, 3.63) is 41.2 Å². The first kappa shape index (κ1) is 20.8. The molecule has 4 aromatic rings. The molecule has 0 saturated carbocycles. The lowest BCUT2D eigenvalue weighted by Crippen LogP contribution is -2.43. The maximum atomic E-state index is 13.0. The predicted molar refractivity (Wildman–Crippen MR) is 126 cm³/mol. The van der Waals surface area contributed by atoms with Crippen LogP contribution in [0.25, 0.3) is 21.1 Å². The minimum Gasteiger partial charge on any atom is -0.389 e. The van der Waals surface area contributed by atoms with Crippen molar-refractivity contribution >= 4 is 49.9 Å². The number of hydrogen-bond acceptors (Lipinski definition) is 7. The molecule has 32 heavy (non-hydrogen) atoms. The average molecular weight is 451 g/mol. The maximum Gasteiger partial charge on any atom is 0.225 e. The molecule has 0 aliphatic heterocycles. The smallest absolute Gasteiger partial charge is 0.225 e. The lowest BCUT2D eigenvalue weighted by atomic mass is 9.86. The van der Waals surface area contributed by atoms with Crippen LogP contribution < -0.4 is 5.32 Å². The fourth-order valence-corrected chi connectivity index (χ4v) is 5.81. The summed E-state index contributed by atoms with van der Waals surface area (Å²) < 4.78 is 0. The third kappa shape index (κ3) is 3.93. The number of carbonyl (C=O) groups is 1. The highest BCUT2D eigenvalue weighted by molar-refractivity contribution is 7.19. The Bertz CT molecular complexity index is 1310. The van der Waals surface area contributed by atoms with Crippen LogP contribution in [0.15, 0.2) is 30.7 Å². The van der Waals surface area contributed by atoms with E-state index in [0.717, 1.165) is 45.5 Å². The maximum absolute atomic E-state index is 13.0. The van der Waals surface area contributed by atoms with Crippen LogP contribution in [0, 0.1) is 5.92 Å². The van der Waals surface area contributed by atoms with Crippen molar-refractivity contribution < 1.29 is 9.90 Å². The quantitative estimate of drug-likeness (QED) is 0.429. The van der Waals surface area contributed by atoms with Gasteiger partial charge >= 0.3 is 0 Å². The number of benzene rings is 1. The third-order valence-electron chi connectivity index (χ3n) is 5.90. The second-order valence-electron chi connectivity index (χ2n) is 9.15. The fourth-order valence-electron chi connectivity index (χ4n) is 4.54. The van der Waals surface area contributed by atoms with Crippen LogP contribution in [0.5, 0.6) is 0 Å². The number of carbonyl (C=O) groups excluding carboxylic acids is 1. The Kier molecular flexibility index (Phi) is 5.10. The van der Waals surface area contributed by atoms with Gasteiger partial charge in [0, 0.05) is 35.5 Å². The summed E-state index contributed by atoms with van der Waals surface area (Å²) in [4.78, 5) is 25.8. The molecule has 1 aliphatic rings. The highest BCUT2D eigenvalue weighted by Gasteiger charge is 2.32. The number of nitrogens with one attached hydrogen (secondary N) is 2. The summed E-state index contributed by atoms with van der Waals surface area (Å²) in [7, 11) is 1.77. The Hall–Kier alpha value is -3.04. The van der Waals surface area contributed by atoms with E-state index in [9.17, 15) is 9.90 Å². The summed E-state index contributed by atoms with van der Waals surface area (Å²) in [6.07, 6.45) is 5.68. The molecule has 1 atom stereocenters. The minimum absolute atomic E-state index is 0.0734. The Labute approximate surface area is 189 Å². The van der Waals surface area contributed by atoms with E-state index in [1.807, 2.05) is 18.2 Å². The Morgan fingerprint density at radius 2 is 2.22 bits per heavy atom. The molecule has 3 N–H and O–H groups in total. The molecule has 1 amide bonds. The lowest BCUT2D eigenvalue weighted by molar-refractivity contribution is -0.137. The fraction of sp³-hybridized carbons (Fsp3) is 0.391. The number of aromatic amines is 1. The monoisotopic (exact) mass is 450 g/mol. The molecule has 0 bridgehead atoms. The summed E-state index contributed by atoms with van der Waals surface area (Å²) in [5.41, 5.74) is 2.27. The summed E-state index contributed by atoms with van der Waals surface area (Å²) in [5.74, 6) is 0.808. The van der Waals surface area contributed by atoms with Crippen molar-refractivity contribution in [2.24, 2.45) is 5.92 Å². The van der Waals surface area contributed by atoms with Gasteiger partial charge in [0.25, 0.3) is 0 Å². The van der Waals surface area contributed by atoms with Crippen molar-refractivity contribution in [2.45, 2.75) is 38.7 Å². The van der Waals surface area contributed by atoms with E-state index in [2.05, 4.69) is 25.5 Å². The van der Waals surface area contributed by atoms with Crippen LogP contribution in [-0.4, -0.2) is 55.3 Å². The van der Waals surface area contributed by atoms with E-state index in [4.69, 9.17) is 0 Å². The second kappa shape index (κ2) is 7.83. The zero-order valence-electron chi connectivity index (χ0n) is 18.3. The predicted octanol–water partition coefficient (Wildman–Crippen LogP) is 3.65. The van der Waals surface area contributed by atoms with Crippen molar-refractivity contribution in [2.75, 3.05) is 18.9 Å². The van der Waals surface area contributed by atoms with Gasteiger partial charge in [-0.15, -0.1) is 11.3 Å². The van der Waals surface area contributed by atoms with Crippen molar-refractivity contribution in [3.63, 3.8) is 0 Å². The zero-order chi connectivity index (χ0) is 22.5. The molecule has 0 fully saturated rings. The topological polar surface area (TPSA) is 107 Å². The molecule has 9 heteroatoms. The first-order valence-electron chi connectivity index (χ1n) is 10.7. The molecule has 1 aromatic carbocycles. The highest BCUT2D eigenvalue weighted by Crippen LogP contribution is 2.40. The Balaban J connectivity index is 1.42. The summed E-state index contributed by atoms with van der Waals surface area (Å²) in [6.45, 7) is 3.76. The van der Waals surface area contributed by atoms with Crippen LogP contribution in [0.3, 0.4) is 0 Å². The number of H-pyrrole nitrogens is 1. The molecule has 5 rings (SSSR count). The molecule has 1 aliphatic carbocycles. The van der Waals surface area contributed by atoms with Gasteiger partial charge in [0.15, 0.2) is 0 Å². The van der Waals surface area contributed by atoms with Gasteiger partial charge < -0.3 is 15.3 Å². The van der Waals surface area contributed by atoms with E-state index in [1.54, 1.807) is 49.7 Å². The molecule has 166 valence electrons. The van der Waals surface area contributed by atoms with Crippen LogP contribution in [-0.2, 0) is 17.6 Å². The van der Waals surface area contributed by atoms with Gasteiger partial charge in [-0.3, -0.25) is 9.89 Å². The second-order valence-corrected chi connectivity index (χ2v) is 10.2. The van der Waals surface area contributed by atoms with Crippen molar-refractivity contribution in [1.82, 2.24) is 25.1 Å². The minimum atomic E-state index is -0.905. The summed E-state index contributed by atoms with van der Waals surface area (Å²) >= 11 is 1.65. The van der Waals surface area contributed by atoms with E-state index < -0.39 is 5.60 Å².